The molecule has 0 aliphatic heterocycles. The molecule has 0 aliphatic carbocycles. The van der Waals surface area contributed by atoms with Gasteiger partial charge in [0.05, 0.1) is 0 Å². The Morgan fingerprint density at radius 3 is 1.11 bits per heavy atom. The van der Waals surface area contributed by atoms with Gasteiger partial charge in [-0.1, -0.05) is 0 Å². The summed E-state index contributed by atoms with van der Waals surface area (Å²) in [4.78, 5) is 0. The molecule has 0 heterocycles. The topological polar surface area (TPSA) is 0 Å². The summed E-state index contributed by atoms with van der Waals surface area (Å²) in [6.45, 7) is 4.78. The summed E-state index contributed by atoms with van der Waals surface area (Å²) < 4.78 is 1.64. The van der Waals surface area contributed by atoms with E-state index in [4.69, 9.17) is 6.58 Å². The molecule has 0 aromatic heterocycles. The van der Waals surface area contributed by atoms with Gasteiger partial charge in [-0.05, 0) is 0 Å². The van der Waals surface area contributed by atoms with Gasteiger partial charge in [-0.15, -0.1) is 0 Å². The van der Waals surface area contributed by atoms with Crippen LogP contribution in [0.15, 0.2) is 3.78 Å². The third-order valence-corrected chi connectivity index (χ3v) is 0. The van der Waals surface area contributed by atoms with Crippen molar-refractivity contribution in [3.8, 4) is 0 Å². The molecule has 0 saturated heterocycles. The number of hydrogen-bond acceptors (Lipinski definition) is 0. The molecule has 9 heavy (non-hydrogen) atoms. The fourth-order valence-corrected chi connectivity index (χ4v) is 0. The van der Waals surface area contributed by atoms with E-state index in [0.29, 0.717) is 0 Å². The summed E-state index contributed by atoms with van der Waals surface area (Å²) >= 11 is 4.13. The Balaban J connectivity index is -0.00000000357. The van der Waals surface area contributed by atoms with Crippen LogP contribution >= 0.6 is 0 Å². The number of rotatable bonds is 0. The van der Waals surface area contributed by atoms with Crippen LogP contribution in [0.1, 0.15) is 0 Å². The molecule has 7 heteroatoms. The maximum Gasteiger partial charge on any atom is 4.00 e. The molecule has 0 nitrogen and oxygen atoms in total. The maximum absolute atomic E-state index is 4.78. The van der Waals surface area contributed by atoms with Gasteiger partial charge in [0.25, 0.3) is 0 Å². The molecule has 3 radical (unpaired) electrons. The Labute approximate surface area is 134 Å². The monoisotopic (exact) mass is 849 g/mol. The summed E-state index contributed by atoms with van der Waals surface area (Å²) in [5.41, 5.74) is 0. The van der Waals surface area contributed by atoms with Crippen molar-refractivity contribution in [1.82, 2.24) is 0 Å². The molecule has 0 aliphatic rings. The molecule has 0 spiro atoms. The van der Waals surface area contributed by atoms with Gasteiger partial charge in [-0.2, -0.15) is 0 Å². The largest absolute Gasteiger partial charge is 4.00 e. The molecule has 0 bridgehead atoms. The quantitative estimate of drug-likeness (QED) is 0.168. The van der Waals surface area contributed by atoms with E-state index in [1.54, 1.807) is 42.3 Å². The first-order valence-electron chi connectivity index (χ1n) is 0.822. The van der Waals surface area contributed by atoms with Gasteiger partial charge in [-0.25, -0.2) is 0 Å². The van der Waals surface area contributed by atoms with Gasteiger partial charge in [-0.3, -0.25) is 0 Å². The third-order valence-electron chi connectivity index (χ3n) is 0. The zero-order chi connectivity index (χ0) is 4.71. The Bertz CT molecular complexity index is 31.0. The van der Waals surface area contributed by atoms with Crippen LogP contribution < -0.4 is 37.2 Å². The maximum atomic E-state index is 4.78. The van der Waals surface area contributed by atoms with Crippen molar-refractivity contribution in [2.45, 2.75) is 0 Å². The Morgan fingerprint density at radius 1 is 1.11 bits per heavy atom. The SMILES string of the molecule is [Bi]=[Bi].[CH-]=[CH][BiH].[Cl-].[Cl-].[Cl-].[Zr+4]. The van der Waals surface area contributed by atoms with Crippen LogP contribution in [0, 0.1) is 6.58 Å². The van der Waals surface area contributed by atoms with E-state index < -0.39 is 0 Å². The van der Waals surface area contributed by atoms with Gasteiger partial charge in [0, 0.05) is 0 Å². The first-order valence-corrected chi connectivity index (χ1v) is 18.3. The molecular formula is C2H3Bi3Cl3Zr. The van der Waals surface area contributed by atoms with Crippen LogP contribution in [0.4, 0.5) is 0 Å². The van der Waals surface area contributed by atoms with Crippen molar-refractivity contribution in [2.75, 3.05) is 0 Å². The summed E-state index contributed by atoms with van der Waals surface area (Å²) in [6, 6.07) is 0. The van der Waals surface area contributed by atoms with Gasteiger partial charge in [0.1, 0.15) is 0 Å². The van der Waals surface area contributed by atoms with Crippen molar-refractivity contribution < 1.29 is 63.4 Å². The molecule has 0 aromatic rings. The molecule has 0 fully saturated rings. The average Bonchev–Trinajstić information content (AvgIpc) is 1.46. The molecule has 0 N–H and O–H groups in total. The van der Waals surface area contributed by atoms with Crippen molar-refractivity contribution in [3.63, 3.8) is 0 Å². The van der Waals surface area contributed by atoms with E-state index in [9.17, 15) is 0 Å². The van der Waals surface area contributed by atoms with Gasteiger partial charge < -0.3 is 37.2 Å². The Kier molecular flexibility index (Phi) is 241. The van der Waals surface area contributed by atoms with Crippen molar-refractivity contribution in [2.24, 2.45) is 0 Å². The second-order valence-corrected chi connectivity index (χ2v) is 1.46. The fraction of sp³-hybridized carbons (Fsp3) is 0. The van der Waals surface area contributed by atoms with E-state index in [2.05, 4.69) is 0 Å². The minimum atomic E-state index is 0. The first kappa shape index (κ1) is 38.0. The van der Waals surface area contributed by atoms with Crippen LogP contribution in [0.25, 0.3) is 0 Å². The molecule has 0 aromatic carbocycles. The number of hydrogen-bond donors (Lipinski definition) is 0. The second kappa shape index (κ2) is 57.0. The predicted molar refractivity (Wildman–Crippen MR) is 27.5 cm³/mol. The predicted octanol–water partition coefficient (Wildman–Crippen LogP) is -9.92. The summed E-state index contributed by atoms with van der Waals surface area (Å²) in [6.07, 6.45) is 0. The minimum absolute atomic E-state index is 0. The van der Waals surface area contributed by atoms with Crippen LogP contribution in [0.5, 0.6) is 0 Å². The smallest absolute Gasteiger partial charge is 1.00 e. The van der Waals surface area contributed by atoms with Crippen LogP contribution in [0.3, 0.4) is 0 Å². The van der Waals surface area contributed by atoms with Crippen LogP contribution in [0.2, 0.25) is 0 Å². The van der Waals surface area contributed by atoms with E-state index >= 15 is 0 Å². The van der Waals surface area contributed by atoms with Gasteiger partial charge in [0.15, 0.2) is 0 Å². The fourth-order valence-electron chi connectivity index (χ4n) is 0. The van der Waals surface area contributed by atoms with E-state index in [-0.39, 0.29) is 63.4 Å². The van der Waals surface area contributed by atoms with Crippen molar-refractivity contribution >= 4 is 63.2 Å². The zero-order valence-corrected chi connectivity index (χ0v) is 19.8. The first-order chi connectivity index (χ1) is 2.41. The molecule has 0 amide bonds. The Hall–Kier alpha value is 4.14. The van der Waals surface area contributed by atoms with E-state index in [1.807, 2.05) is 0 Å². The van der Waals surface area contributed by atoms with Crippen molar-refractivity contribution in [3.05, 3.63) is 10.4 Å². The summed E-state index contributed by atoms with van der Waals surface area (Å²) in [7, 11) is 0. The number of halogens is 3. The van der Waals surface area contributed by atoms with E-state index in [0.717, 1.165) is 24.7 Å². The average molecular weight is 852 g/mol. The normalized spacial score (nSPS) is 1.89. The molecule has 0 rings (SSSR count). The second-order valence-electron chi connectivity index (χ2n) is 0.167. The van der Waals surface area contributed by atoms with Crippen LogP contribution in [-0.4, -0.2) is 63.2 Å². The molecule has 0 saturated carbocycles. The Morgan fingerprint density at radius 2 is 1.11 bits per heavy atom. The molecular weight excluding hydrogens is 849 g/mol. The van der Waals surface area contributed by atoms with E-state index in [1.165, 1.54) is 0 Å². The summed E-state index contributed by atoms with van der Waals surface area (Å²) in [5, 5.41) is 0. The molecule has 51 valence electrons. The van der Waals surface area contributed by atoms with Gasteiger partial charge in [0.2, 0.25) is 0 Å². The zero-order valence-electron chi connectivity index (χ0n) is 4.18. The van der Waals surface area contributed by atoms with Crippen LogP contribution in [-0.2, 0) is 26.2 Å². The summed E-state index contributed by atoms with van der Waals surface area (Å²) in [5.74, 6) is 0. The standard InChI is InChI=1S/C2H2.3Bi.3ClH.Zr.H/c1-2;;;;;;;;/h1-2H;;;;3*1H;;/q-1;;;;;;;+4;/p-3. The molecule has 0 unspecified atom stereocenters. The minimum Gasteiger partial charge on any atom is -1.00 e. The third kappa shape index (κ3) is 72.8. The van der Waals surface area contributed by atoms with Crippen molar-refractivity contribution in [1.29, 1.82) is 0 Å². The molecule has 0 atom stereocenters. The van der Waals surface area contributed by atoms with Gasteiger partial charge >= 0.3 is 99.8 Å².